The molecule has 0 spiro atoms. The first-order chi connectivity index (χ1) is 14.8. The molecule has 0 aromatic carbocycles. The zero-order valence-corrected chi connectivity index (χ0v) is 17.7. The first-order valence-electron chi connectivity index (χ1n) is 10.5. The SMILES string of the molecule is COc1ccn(-c2cc(N3CCN(C(C)=O)CC3)nc(NC3CCC(F)(F)CC3)n2)n1. The lowest BCUT2D eigenvalue weighted by atomic mass is 9.92. The first kappa shape index (κ1) is 21.3. The van der Waals surface area contributed by atoms with E-state index in [2.05, 4.69) is 25.3 Å². The van der Waals surface area contributed by atoms with Crippen molar-refractivity contribution in [1.82, 2.24) is 24.6 Å². The summed E-state index contributed by atoms with van der Waals surface area (Å²) in [6.45, 7) is 4.09. The molecule has 9 nitrogen and oxygen atoms in total. The second-order valence-electron chi connectivity index (χ2n) is 7.98. The van der Waals surface area contributed by atoms with Crippen LogP contribution in [0.1, 0.15) is 32.6 Å². The normalized spacial score (nSPS) is 19.4. The van der Waals surface area contributed by atoms with E-state index in [4.69, 9.17) is 4.74 Å². The molecule has 0 bridgehead atoms. The number of methoxy groups -OCH3 is 1. The highest BCUT2D eigenvalue weighted by molar-refractivity contribution is 5.73. The van der Waals surface area contributed by atoms with E-state index in [0.717, 1.165) is 0 Å². The molecule has 1 aliphatic heterocycles. The van der Waals surface area contributed by atoms with Crippen LogP contribution in [-0.4, -0.2) is 75.8 Å². The largest absolute Gasteiger partial charge is 0.480 e. The molecular weight excluding hydrogens is 408 g/mol. The van der Waals surface area contributed by atoms with Gasteiger partial charge in [-0.2, -0.15) is 9.97 Å². The second kappa shape index (κ2) is 8.64. The topological polar surface area (TPSA) is 88.4 Å². The van der Waals surface area contributed by atoms with E-state index in [1.807, 2.05) is 6.07 Å². The van der Waals surface area contributed by atoms with Crippen LogP contribution >= 0.6 is 0 Å². The maximum Gasteiger partial charge on any atom is 0.248 e. The zero-order valence-electron chi connectivity index (χ0n) is 17.7. The maximum atomic E-state index is 13.5. The van der Waals surface area contributed by atoms with Crippen molar-refractivity contribution in [3.05, 3.63) is 18.3 Å². The number of halogens is 2. The molecule has 2 fully saturated rings. The Morgan fingerprint density at radius 2 is 1.84 bits per heavy atom. The number of aromatic nitrogens is 4. The van der Waals surface area contributed by atoms with Gasteiger partial charge in [0.1, 0.15) is 5.82 Å². The van der Waals surface area contributed by atoms with Gasteiger partial charge in [0.05, 0.1) is 7.11 Å². The van der Waals surface area contributed by atoms with Crippen molar-refractivity contribution in [2.75, 3.05) is 43.5 Å². The molecule has 31 heavy (non-hydrogen) atoms. The van der Waals surface area contributed by atoms with Crippen molar-refractivity contribution in [2.24, 2.45) is 0 Å². The van der Waals surface area contributed by atoms with Crippen LogP contribution in [0.4, 0.5) is 20.5 Å². The highest BCUT2D eigenvalue weighted by Gasteiger charge is 2.35. The lowest BCUT2D eigenvalue weighted by Crippen LogP contribution is -2.48. The monoisotopic (exact) mass is 435 g/mol. The second-order valence-corrected chi connectivity index (χ2v) is 7.98. The summed E-state index contributed by atoms with van der Waals surface area (Å²) in [5.41, 5.74) is 0. The molecule has 1 amide bonds. The Hall–Kier alpha value is -2.98. The molecule has 4 rings (SSSR count). The fraction of sp³-hybridized carbons (Fsp3) is 0.600. The number of nitrogens with zero attached hydrogens (tertiary/aromatic N) is 6. The fourth-order valence-electron chi connectivity index (χ4n) is 3.93. The van der Waals surface area contributed by atoms with Gasteiger partial charge in [-0.25, -0.2) is 13.5 Å². The van der Waals surface area contributed by atoms with E-state index < -0.39 is 5.92 Å². The molecule has 2 aromatic heterocycles. The maximum absolute atomic E-state index is 13.5. The Morgan fingerprint density at radius 1 is 1.16 bits per heavy atom. The van der Waals surface area contributed by atoms with Crippen molar-refractivity contribution >= 4 is 17.7 Å². The molecule has 0 unspecified atom stereocenters. The molecule has 11 heteroatoms. The first-order valence-corrected chi connectivity index (χ1v) is 10.5. The summed E-state index contributed by atoms with van der Waals surface area (Å²) < 4.78 is 33.8. The number of hydrogen-bond acceptors (Lipinski definition) is 7. The average Bonchev–Trinajstić information content (AvgIpc) is 3.25. The van der Waals surface area contributed by atoms with E-state index in [1.54, 1.807) is 35.9 Å². The number of carbonyl (C=O) groups excluding carboxylic acids is 1. The van der Waals surface area contributed by atoms with Crippen molar-refractivity contribution in [1.29, 1.82) is 0 Å². The van der Waals surface area contributed by atoms with Crippen LogP contribution in [0, 0.1) is 0 Å². The minimum atomic E-state index is -2.59. The van der Waals surface area contributed by atoms with Gasteiger partial charge in [0.15, 0.2) is 5.82 Å². The lowest BCUT2D eigenvalue weighted by Gasteiger charge is -2.35. The molecule has 1 N–H and O–H groups in total. The number of carbonyl (C=O) groups is 1. The summed E-state index contributed by atoms with van der Waals surface area (Å²) in [7, 11) is 1.54. The molecule has 0 radical (unpaired) electrons. The van der Waals surface area contributed by atoms with Crippen LogP contribution in [0.15, 0.2) is 18.3 Å². The highest BCUT2D eigenvalue weighted by Crippen LogP contribution is 2.34. The van der Waals surface area contributed by atoms with Crippen LogP contribution in [0.3, 0.4) is 0 Å². The van der Waals surface area contributed by atoms with Gasteiger partial charge in [-0.3, -0.25) is 4.79 Å². The number of nitrogens with one attached hydrogen (secondary N) is 1. The van der Waals surface area contributed by atoms with Gasteiger partial charge in [-0.05, 0) is 12.8 Å². The molecule has 2 aliphatic rings. The smallest absolute Gasteiger partial charge is 0.248 e. The molecular formula is C20H27F2N7O2. The van der Waals surface area contributed by atoms with Crippen LogP contribution in [0.5, 0.6) is 5.88 Å². The van der Waals surface area contributed by atoms with Crippen molar-refractivity contribution in [2.45, 2.75) is 44.6 Å². The van der Waals surface area contributed by atoms with Gasteiger partial charge >= 0.3 is 0 Å². The number of piperazine rings is 1. The minimum Gasteiger partial charge on any atom is -0.480 e. The van der Waals surface area contributed by atoms with Crippen LogP contribution in [0.25, 0.3) is 5.82 Å². The number of amides is 1. The van der Waals surface area contributed by atoms with Gasteiger partial charge < -0.3 is 19.9 Å². The summed E-state index contributed by atoms with van der Waals surface area (Å²) in [6.07, 6.45) is 2.19. The van der Waals surface area contributed by atoms with Crippen molar-refractivity contribution < 1.29 is 18.3 Å². The van der Waals surface area contributed by atoms with E-state index in [1.165, 1.54) is 0 Å². The van der Waals surface area contributed by atoms with E-state index in [0.29, 0.717) is 62.5 Å². The lowest BCUT2D eigenvalue weighted by molar-refractivity contribution is -0.129. The third-order valence-electron chi connectivity index (χ3n) is 5.81. The number of rotatable bonds is 5. The standard InChI is InChI=1S/C20H27F2N7O2/c1-14(30)27-9-11-28(12-10-27)16-13-17(29-8-5-18(26-29)31-2)25-19(24-16)23-15-3-6-20(21,22)7-4-15/h5,8,13,15H,3-4,6-7,9-12H2,1-2H3,(H,23,24,25). The summed E-state index contributed by atoms with van der Waals surface area (Å²) in [5, 5.41) is 7.57. The van der Waals surface area contributed by atoms with Gasteiger partial charge in [0.2, 0.25) is 23.7 Å². The van der Waals surface area contributed by atoms with Gasteiger partial charge in [0.25, 0.3) is 0 Å². The molecule has 1 saturated heterocycles. The number of anilines is 2. The number of alkyl halides is 2. The van der Waals surface area contributed by atoms with Gasteiger partial charge in [-0.15, -0.1) is 5.10 Å². The summed E-state index contributed by atoms with van der Waals surface area (Å²) in [5.74, 6) is -0.445. The number of hydrogen-bond donors (Lipinski definition) is 1. The Balaban J connectivity index is 1.57. The van der Waals surface area contributed by atoms with Gasteiger partial charge in [0, 0.05) is 70.3 Å². The van der Waals surface area contributed by atoms with E-state index in [-0.39, 0.29) is 24.8 Å². The minimum absolute atomic E-state index is 0.0584. The predicted molar refractivity (Wildman–Crippen MR) is 111 cm³/mol. The number of ether oxygens (including phenoxy) is 1. The average molecular weight is 435 g/mol. The summed E-state index contributed by atoms with van der Waals surface area (Å²) in [6, 6.07) is 3.45. The van der Waals surface area contributed by atoms with E-state index >= 15 is 0 Å². The summed E-state index contributed by atoms with van der Waals surface area (Å²) in [4.78, 5) is 24.7. The molecule has 1 saturated carbocycles. The zero-order chi connectivity index (χ0) is 22.0. The highest BCUT2D eigenvalue weighted by atomic mass is 19.3. The summed E-state index contributed by atoms with van der Waals surface area (Å²) >= 11 is 0. The Kier molecular flexibility index (Phi) is 5.92. The quantitative estimate of drug-likeness (QED) is 0.771. The van der Waals surface area contributed by atoms with Crippen molar-refractivity contribution in [3.63, 3.8) is 0 Å². The molecule has 168 valence electrons. The van der Waals surface area contributed by atoms with E-state index in [9.17, 15) is 13.6 Å². The Labute approximate surface area is 179 Å². The van der Waals surface area contributed by atoms with Crippen LogP contribution in [0.2, 0.25) is 0 Å². The van der Waals surface area contributed by atoms with Crippen LogP contribution in [-0.2, 0) is 4.79 Å². The predicted octanol–water partition coefficient (Wildman–Crippen LogP) is 2.33. The van der Waals surface area contributed by atoms with Gasteiger partial charge in [-0.1, -0.05) is 0 Å². The molecule has 1 aliphatic carbocycles. The third kappa shape index (κ3) is 5.02. The van der Waals surface area contributed by atoms with Crippen LogP contribution < -0.4 is 15.0 Å². The molecule has 3 heterocycles. The van der Waals surface area contributed by atoms with Crippen molar-refractivity contribution in [3.8, 4) is 11.7 Å². The third-order valence-corrected chi connectivity index (χ3v) is 5.81. The molecule has 0 atom stereocenters. The Morgan fingerprint density at radius 3 is 2.45 bits per heavy atom. The fourth-order valence-corrected chi connectivity index (χ4v) is 3.93. The molecule has 2 aromatic rings. The Bertz CT molecular complexity index is 918.